The maximum absolute atomic E-state index is 12.1. The minimum absolute atomic E-state index is 0.177. The van der Waals surface area contributed by atoms with Gasteiger partial charge in [-0.25, -0.2) is 4.79 Å². The SMILES string of the molecule is CCCN1C(=O)N[C@H](c2ccccc2Br)C1=O. The van der Waals surface area contributed by atoms with Crippen LogP contribution >= 0.6 is 15.9 Å². The lowest BCUT2D eigenvalue weighted by atomic mass is 10.1. The fourth-order valence-electron chi connectivity index (χ4n) is 1.87. The van der Waals surface area contributed by atoms with E-state index in [1.807, 2.05) is 31.2 Å². The number of hydrogen-bond donors (Lipinski definition) is 1. The van der Waals surface area contributed by atoms with Gasteiger partial charge in [-0.2, -0.15) is 0 Å². The second-order valence-electron chi connectivity index (χ2n) is 3.89. The quantitative estimate of drug-likeness (QED) is 0.871. The van der Waals surface area contributed by atoms with Crippen LogP contribution in [0.1, 0.15) is 24.9 Å². The van der Waals surface area contributed by atoms with Crippen LogP contribution in [0.2, 0.25) is 0 Å². The summed E-state index contributed by atoms with van der Waals surface area (Å²) in [5.74, 6) is -0.177. The third-order valence-electron chi connectivity index (χ3n) is 2.69. The molecule has 0 aliphatic carbocycles. The maximum Gasteiger partial charge on any atom is 0.325 e. The van der Waals surface area contributed by atoms with Gasteiger partial charge >= 0.3 is 6.03 Å². The van der Waals surface area contributed by atoms with E-state index in [0.29, 0.717) is 6.54 Å². The number of carbonyl (C=O) groups is 2. The van der Waals surface area contributed by atoms with E-state index in [4.69, 9.17) is 0 Å². The number of nitrogens with zero attached hydrogens (tertiary/aromatic N) is 1. The van der Waals surface area contributed by atoms with Gasteiger partial charge in [0.25, 0.3) is 5.91 Å². The van der Waals surface area contributed by atoms with Crippen LogP contribution in [-0.2, 0) is 4.79 Å². The van der Waals surface area contributed by atoms with Crippen LogP contribution in [0.4, 0.5) is 4.79 Å². The van der Waals surface area contributed by atoms with E-state index in [1.54, 1.807) is 0 Å². The van der Waals surface area contributed by atoms with Crippen molar-refractivity contribution < 1.29 is 9.59 Å². The molecule has 1 N–H and O–H groups in total. The standard InChI is InChI=1S/C12H13BrN2O2/c1-2-7-15-11(16)10(14-12(15)17)8-5-3-4-6-9(8)13/h3-6,10H,2,7H2,1H3,(H,14,17)/t10-/m1/s1. The van der Waals surface area contributed by atoms with Crippen molar-refractivity contribution in [2.24, 2.45) is 0 Å². The number of imide groups is 1. The first kappa shape index (κ1) is 12.1. The zero-order valence-electron chi connectivity index (χ0n) is 9.44. The third kappa shape index (κ3) is 2.20. The van der Waals surface area contributed by atoms with Gasteiger partial charge in [-0.15, -0.1) is 0 Å². The normalized spacial score (nSPS) is 19.6. The number of amides is 3. The molecule has 1 fully saturated rings. The summed E-state index contributed by atoms with van der Waals surface area (Å²) in [4.78, 5) is 25.0. The fourth-order valence-corrected chi connectivity index (χ4v) is 2.39. The summed E-state index contributed by atoms with van der Waals surface area (Å²) in [6, 6.07) is 6.54. The van der Waals surface area contributed by atoms with Crippen molar-refractivity contribution in [1.82, 2.24) is 10.2 Å². The van der Waals surface area contributed by atoms with Crippen LogP contribution in [0.15, 0.2) is 28.7 Å². The maximum atomic E-state index is 12.1. The molecule has 0 spiro atoms. The molecule has 1 aliphatic rings. The molecule has 0 aromatic heterocycles. The van der Waals surface area contributed by atoms with Gasteiger partial charge in [0.05, 0.1) is 0 Å². The largest absolute Gasteiger partial charge is 0.325 e. The third-order valence-corrected chi connectivity index (χ3v) is 3.41. The Balaban J connectivity index is 2.28. The van der Waals surface area contributed by atoms with Crippen LogP contribution in [0.5, 0.6) is 0 Å². The Labute approximate surface area is 108 Å². The Bertz CT molecular complexity index is 462. The first-order valence-electron chi connectivity index (χ1n) is 5.51. The lowest BCUT2D eigenvalue weighted by Gasteiger charge is -2.12. The molecule has 0 bridgehead atoms. The Morgan fingerprint density at radius 1 is 1.35 bits per heavy atom. The summed E-state index contributed by atoms with van der Waals surface area (Å²) in [6.45, 7) is 2.40. The van der Waals surface area contributed by atoms with Gasteiger partial charge in [-0.05, 0) is 18.1 Å². The van der Waals surface area contributed by atoms with Gasteiger partial charge < -0.3 is 5.32 Å². The second kappa shape index (κ2) is 4.87. The van der Waals surface area contributed by atoms with Crippen molar-refractivity contribution in [3.8, 4) is 0 Å². The van der Waals surface area contributed by atoms with E-state index in [1.165, 1.54) is 4.90 Å². The van der Waals surface area contributed by atoms with E-state index in [-0.39, 0.29) is 11.9 Å². The lowest BCUT2D eigenvalue weighted by Crippen LogP contribution is -2.31. The van der Waals surface area contributed by atoms with E-state index in [2.05, 4.69) is 21.2 Å². The summed E-state index contributed by atoms with van der Waals surface area (Å²) in [5, 5.41) is 2.70. The molecular weight excluding hydrogens is 284 g/mol. The van der Waals surface area contributed by atoms with E-state index in [9.17, 15) is 9.59 Å². The highest BCUT2D eigenvalue weighted by Crippen LogP contribution is 2.28. The number of urea groups is 1. The highest BCUT2D eigenvalue weighted by Gasteiger charge is 2.38. The van der Waals surface area contributed by atoms with Crippen molar-refractivity contribution in [1.29, 1.82) is 0 Å². The average molecular weight is 297 g/mol. The number of benzene rings is 1. The van der Waals surface area contributed by atoms with Crippen molar-refractivity contribution in [2.75, 3.05) is 6.54 Å². The van der Waals surface area contributed by atoms with Crippen molar-refractivity contribution in [3.05, 3.63) is 34.3 Å². The van der Waals surface area contributed by atoms with Crippen molar-refractivity contribution >= 4 is 27.9 Å². The molecule has 1 saturated heterocycles. The average Bonchev–Trinajstić information content (AvgIpc) is 2.58. The van der Waals surface area contributed by atoms with Gasteiger partial charge in [0.15, 0.2) is 0 Å². The number of nitrogens with one attached hydrogen (secondary N) is 1. The zero-order valence-corrected chi connectivity index (χ0v) is 11.0. The molecular formula is C12H13BrN2O2. The fraction of sp³-hybridized carbons (Fsp3) is 0.333. The smallest absolute Gasteiger partial charge is 0.322 e. The molecule has 0 saturated carbocycles. The summed E-state index contributed by atoms with van der Waals surface area (Å²) in [7, 11) is 0. The van der Waals surface area contributed by atoms with Crippen molar-refractivity contribution in [3.63, 3.8) is 0 Å². The Morgan fingerprint density at radius 3 is 2.71 bits per heavy atom. The lowest BCUT2D eigenvalue weighted by molar-refractivity contribution is -0.127. The highest BCUT2D eigenvalue weighted by molar-refractivity contribution is 9.10. The summed E-state index contributed by atoms with van der Waals surface area (Å²) < 4.78 is 0.831. The Hall–Kier alpha value is -1.36. The van der Waals surface area contributed by atoms with E-state index >= 15 is 0 Å². The second-order valence-corrected chi connectivity index (χ2v) is 4.75. The van der Waals surface area contributed by atoms with Crippen LogP contribution < -0.4 is 5.32 Å². The molecule has 5 heteroatoms. The minimum Gasteiger partial charge on any atom is -0.322 e. The summed E-state index contributed by atoms with van der Waals surface area (Å²) in [6.07, 6.45) is 0.766. The highest BCUT2D eigenvalue weighted by atomic mass is 79.9. The Morgan fingerprint density at radius 2 is 2.06 bits per heavy atom. The minimum atomic E-state index is -0.565. The van der Waals surface area contributed by atoms with E-state index < -0.39 is 6.04 Å². The molecule has 1 aromatic rings. The molecule has 90 valence electrons. The number of carbonyl (C=O) groups excluding carboxylic acids is 2. The van der Waals surface area contributed by atoms with Crippen LogP contribution in [0, 0.1) is 0 Å². The molecule has 17 heavy (non-hydrogen) atoms. The summed E-state index contributed by atoms with van der Waals surface area (Å²) >= 11 is 3.39. The number of halogens is 1. The molecule has 1 heterocycles. The predicted molar refractivity (Wildman–Crippen MR) is 67.4 cm³/mol. The molecule has 2 rings (SSSR count). The first-order valence-corrected chi connectivity index (χ1v) is 6.30. The van der Waals surface area contributed by atoms with Crippen LogP contribution in [0.25, 0.3) is 0 Å². The molecule has 1 aromatic carbocycles. The van der Waals surface area contributed by atoms with Gasteiger partial charge in [0.1, 0.15) is 6.04 Å². The Kier molecular flexibility index (Phi) is 3.47. The topological polar surface area (TPSA) is 49.4 Å². The van der Waals surface area contributed by atoms with Gasteiger partial charge in [-0.3, -0.25) is 9.69 Å². The van der Waals surface area contributed by atoms with Crippen LogP contribution in [-0.4, -0.2) is 23.4 Å². The van der Waals surface area contributed by atoms with Crippen molar-refractivity contribution in [2.45, 2.75) is 19.4 Å². The zero-order chi connectivity index (χ0) is 12.4. The molecule has 1 atom stereocenters. The molecule has 3 amide bonds. The molecule has 4 nitrogen and oxygen atoms in total. The van der Waals surface area contributed by atoms with Gasteiger partial charge in [-0.1, -0.05) is 41.1 Å². The van der Waals surface area contributed by atoms with Crippen LogP contribution in [0.3, 0.4) is 0 Å². The van der Waals surface area contributed by atoms with E-state index in [0.717, 1.165) is 16.5 Å². The molecule has 1 aliphatic heterocycles. The number of hydrogen-bond acceptors (Lipinski definition) is 2. The summed E-state index contributed by atoms with van der Waals surface area (Å²) in [5.41, 5.74) is 0.796. The van der Waals surface area contributed by atoms with Gasteiger partial charge in [0.2, 0.25) is 0 Å². The number of rotatable bonds is 3. The predicted octanol–water partition coefficient (Wildman–Crippen LogP) is 2.45. The molecule has 0 radical (unpaired) electrons. The first-order chi connectivity index (χ1) is 8.15. The monoisotopic (exact) mass is 296 g/mol. The molecule has 0 unspecified atom stereocenters. The van der Waals surface area contributed by atoms with Gasteiger partial charge in [0, 0.05) is 11.0 Å².